The number of hydrogen-bond acceptors (Lipinski definition) is 6. The van der Waals surface area contributed by atoms with Crippen molar-refractivity contribution >= 4 is 39.7 Å². The van der Waals surface area contributed by atoms with Crippen LogP contribution in [0.1, 0.15) is 5.56 Å². The number of fused-ring (bicyclic) bond motifs is 2. The van der Waals surface area contributed by atoms with Crippen LogP contribution < -0.4 is 20.6 Å². The molecule has 8 nitrogen and oxygen atoms in total. The van der Waals surface area contributed by atoms with Gasteiger partial charge in [0, 0.05) is 0 Å². The van der Waals surface area contributed by atoms with Crippen LogP contribution >= 0.6 is 11.8 Å². The number of nitrogens with one attached hydrogen (secondary N) is 1. The summed E-state index contributed by atoms with van der Waals surface area (Å²) in [6.07, 6.45) is 1.65. The highest BCUT2D eigenvalue weighted by molar-refractivity contribution is 8.18. The summed E-state index contributed by atoms with van der Waals surface area (Å²) >= 11 is 1.01. The Morgan fingerprint density at radius 3 is 2.68 bits per heavy atom. The van der Waals surface area contributed by atoms with Crippen molar-refractivity contribution in [3.63, 3.8) is 0 Å². The number of carbonyl (C=O) groups excluding carboxylic acids is 1. The number of amides is 1. The largest absolute Gasteiger partial charge is 0.454 e. The first-order valence-electron chi connectivity index (χ1n) is 8.27. The van der Waals surface area contributed by atoms with Crippen molar-refractivity contribution in [2.24, 2.45) is 4.99 Å². The number of carbonyl (C=O) groups is 1. The minimum Gasteiger partial charge on any atom is -0.454 e. The predicted molar refractivity (Wildman–Crippen MR) is 105 cm³/mol. The SMILES string of the molecule is O=C1N=C(n2[nH]c(=O)c3ccccc3c2=O)S/C1=C/c1ccc2c(c1)OCO2. The molecular formula is C19H11N3O5S. The standard InChI is InChI=1S/C19H11N3O5S/c23-16-11-3-1-2-4-12(11)18(25)22(21-16)19-20-17(24)15(28-19)8-10-5-6-13-14(7-10)27-9-26-13/h1-8H,9H2,(H,21,23)/b15-8+. The fraction of sp³-hybridized carbons (Fsp3) is 0.0526. The molecule has 0 aliphatic carbocycles. The number of H-pyrrole nitrogens is 1. The Kier molecular flexibility index (Phi) is 3.69. The van der Waals surface area contributed by atoms with Gasteiger partial charge in [-0.25, -0.2) is 0 Å². The highest BCUT2D eigenvalue weighted by Gasteiger charge is 2.25. The van der Waals surface area contributed by atoms with Crippen LogP contribution in [-0.4, -0.2) is 27.6 Å². The molecule has 0 saturated heterocycles. The van der Waals surface area contributed by atoms with Gasteiger partial charge in [0.2, 0.25) is 6.79 Å². The fourth-order valence-corrected chi connectivity index (χ4v) is 3.86. The van der Waals surface area contributed by atoms with Crippen LogP contribution in [0.25, 0.3) is 16.8 Å². The molecule has 0 radical (unpaired) electrons. The number of benzene rings is 2. The Bertz CT molecular complexity index is 1340. The van der Waals surface area contributed by atoms with Crippen LogP contribution in [0.4, 0.5) is 0 Å². The van der Waals surface area contributed by atoms with Gasteiger partial charge in [0.1, 0.15) is 0 Å². The molecule has 28 heavy (non-hydrogen) atoms. The maximum atomic E-state index is 12.7. The summed E-state index contributed by atoms with van der Waals surface area (Å²) in [6, 6.07) is 11.8. The van der Waals surface area contributed by atoms with Crippen LogP contribution in [0.3, 0.4) is 0 Å². The van der Waals surface area contributed by atoms with Gasteiger partial charge in [-0.2, -0.15) is 9.67 Å². The lowest BCUT2D eigenvalue weighted by Gasteiger charge is -2.05. The molecule has 3 heterocycles. The monoisotopic (exact) mass is 393 g/mol. The molecule has 9 heteroatoms. The number of rotatable bonds is 1. The number of aromatic nitrogens is 2. The van der Waals surface area contributed by atoms with E-state index in [-0.39, 0.29) is 22.7 Å². The second-order valence-corrected chi connectivity index (χ2v) is 7.06. The maximum absolute atomic E-state index is 12.7. The molecule has 0 spiro atoms. The fourth-order valence-electron chi connectivity index (χ4n) is 2.98. The Morgan fingerprint density at radius 1 is 1.04 bits per heavy atom. The van der Waals surface area contributed by atoms with Crippen LogP contribution in [0.2, 0.25) is 0 Å². The number of hydrogen-bond donors (Lipinski definition) is 1. The topological polar surface area (TPSA) is 103 Å². The van der Waals surface area contributed by atoms with E-state index in [2.05, 4.69) is 10.1 Å². The van der Waals surface area contributed by atoms with E-state index in [0.717, 1.165) is 22.0 Å². The second kappa shape index (κ2) is 6.24. The van der Waals surface area contributed by atoms with Gasteiger partial charge >= 0.3 is 0 Å². The number of ether oxygens (including phenoxy) is 2. The molecule has 0 saturated carbocycles. The van der Waals surface area contributed by atoms with Crippen molar-refractivity contribution in [3.05, 3.63) is 73.6 Å². The first-order valence-corrected chi connectivity index (χ1v) is 9.08. The zero-order chi connectivity index (χ0) is 19.3. The third-order valence-electron chi connectivity index (χ3n) is 4.31. The quantitative estimate of drug-likeness (QED) is 0.634. The van der Waals surface area contributed by atoms with Gasteiger partial charge in [-0.05, 0) is 47.7 Å². The molecular weight excluding hydrogens is 382 g/mol. The Labute approximate surface area is 161 Å². The van der Waals surface area contributed by atoms with E-state index in [9.17, 15) is 14.4 Å². The van der Waals surface area contributed by atoms with E-state index in [0.29, 0.717) is 16.4 Å². The molecule has 0 bridgehead atoms. The molecule has 138 valence electrons. The van der Waals surface area contributed by atoms with Crippen molar-refractivity contribution in [1.29, 1.82) is 0 Å². The van der Waals surface area contributed by atoms with Gasteiger partial charge in [-0.1, -0.05) is 18.2 Å². The average molecular weight is 393 g/mol. The molecule has 2 aliphatic heterocycles. The van der Waals surface area contributed by atoms with Gasteiger partial charge in [0.15, 0.2) is 16.7 Å². The van der Waals surface area contributed by atoms with Gasteiger partial charge in [-0.3, -0.25) is 19.5 Å². The number of nitrogens with zero attached hydrogens (tertiary/aromatic N) is 2. The molecule has 2 aliphatic rings. The highest BCUT2D eigenvalue weighted by Crippen LogP contribution is 2.35. The normalized spacial score (nSPS) is 16.8. The molecule has 1 N–H and O–H groups in total. The maximum Gasteiger partial charge on any atom is 0.286 e. The van der Waals surface area contributed by atoms with Crippen molar-refractivity contribution < 1.29 is 14.3 Å². The molecule has 0 unspecified atom stereocenters. The van der Waals surface area contributed by atoms with Gasteiger partial charge < -0.3 is 9.47 Å². The van der Waals surface area contributed by atoms with Crippen molar-refractivity contribution in [2.75, 3.05) is 6.79 Å². The number of aliphatic imine (C=N–C) groups is 1. The third kappa shape index (κ3) is 2.64. The summed E-state index contributed by atoms with van der Waals surface area (Å²) in [5.41, 5.74) is -0.145. The molecule has 1 amide bonds. The molecule has 2 aromatic carbocycles. The lowest BCUT2D eigenvalue weighted by atomic mass is 10.2. The van der Waals surface area contributed by atoms with Gasteiger partial charge in [0.25, 0.3) is 17.0 Å². The first-order chi connectivity index (χ1) is 13.6. The van der Waals surface area contributed by atoms with Crippen LogP contribution in [0.5, 0.6) is 11.5 Å². The van der Waals surface area contributed by atoms with E-state index in [1.807, 2.05) is 0 Å². The van der Waals surface area contributed by atoms with Gasteiger partial charge in [0.05, 0.1) is 15.7 Å². The van der Waals surface area contributed by atoms with Crippen LogP contribution in [-0.2, 0) is 4.79 Å². The zero-order valence-corrected chi connectivity index (χ0v) is 15.0. The smallest absolute Gasteiger partial charge is 0.286 e. The van der Waals surface area contributed by atoms with E-state index < -0.39 is 17.0 Å². The summed E-state index contributed by atoms with van der Waals surface area (Å²) in [6.45, 7) is 0.161. The summed E-state index contributed by atoms with van der Waals surface area (Å²) in [5, 5.41) is 3.13. The van der Waals surface area contributed by atoms with E-state index >= 15 is 0 Å². The number of thioether (sulfide) groups is 1. The molecule has 1 aromatic heterocycles. The van der Waals surface area contributed by atoms with Crippen LogP contribution in [0, 0.1) is 0 Å². The van der Waals surface area contributed by atoms with Crippen molar-refractivity contribution in [3.8, 4) is 11.5 Å². The zero-order valence-electron chi connectivity index (χ0n) is 14.2. The van der Waals surface area contributed by atoms with Crippen molar-refractivity contribution in [1.82, 2.24) is 9.78 Å². The molecule has 0 fully saturated rings. The van der Waals surface area contributed by atoms with E-state index in [1.165, 1.54) is 0 Å². The van der Waals surface area contributed by atoms with Crippen LogP contribution in [0.15, 0.2) is 62.0 Å². The van der Waals surface area contributed by atoms with E-state index in [1.54, 1.807) is 48.5 Å². The Hall–Kier alpha value is -3.59. The molecule has 5 rings (SSSR count). The minimum absolute atomic E-state index is 0.102. The summed E-state index contributed by atoms with van der Waals surface area (Å²) < 4.78 is 11.6. The number of aromatic amines is 1. The average Bonchev–Trinajstić information content (AvgIpc) is 3.31. The highest BCUT2D eigenvalue weighted by atomic mass is 32.2. The Balaban J connectivity index is 1.53. The van der Waals surface area contributed by atoms with Gasteiger partial charge in [-0.15, -0.1) is 0 Å². The molecule has 3 aromatic rings. The summed E-state index contributed by atoms with van der Waals surface area (Å²) in [4.78, 5) is 41.5. The van der Waals surface area contributed by atoms with Crippen molar-refractivity contribution in [2.45, 2.75) is 0 Å². The molecule has 0 atom stereocenters. The Morgan fingerprint density at radius 2 is 1.82 bits per heavy atom. The second-order valence-electron chi connectivity index (χ2n) is 6.05. The summed E-state index contributed by atoms with van der Waals surface area (Å²) in [7, 11) is 0. The summed E-state index contributed by atoms with van der Waals surface area (Å²) in [5.74, 6) is 0.754. The first kappa shape index (κ1) is 16.6. The predicted octanol–water partition coefficient (Wildman–Crippen LogP) is 1.94. The minimum atomic E-state index is -0.487. The van der Waals surface area contributed by atoms with E-state index in [4.69, 9.17) is 9.47 Å². The lowest BCUT2D eigenvalue weighted by molar-refractivity contribution is -0.113. The lowest BCUT2D eigenvalue weighted by Crippen LogP contribution is -2.33. The third-order valence-corrected chi connectivity index (χ3v) is 5.28.